The first-order valence-electron chi connectivity index (χ1n) is 12.1. The molecule has 1 aromatic heterocycles. The number of nitrogens with two attached hydrogens (primary N) is 1. The van der Waals surface area contributed by atoms with Crippen LogP contribution in [-0.4, -0.2) is 42.3 Å². The van der Waals surface area contributed by atoms with Crippen molar-refractivity contribution in [3.8, 4) is 0 Å². The van der Waals surface area contributed by atoms with Crippen LogP contribution >= 0.6 is 11.3 Å². The van der Waals surface area contributed by atoms with Crippen LogP contribution in [0.4, 0.5) is 5.69 Å². The van der Waals surface area contributed by atoms with Crippen LogP contribution in [0, 0.1) is 5.41 Å². The van der Waals surface area contributed by atoms with E-state index in [4.69, 9.17) is 5.73 Å². The van der Waals surface area contributed by atoms with E-state index >= 15 is 0 Å². The largest absolute Gasteiger partial charge is 0.370 e. The summed E-state index contributed by atoms with van der Waals surface area (Å²) in [7, 11) is 0. The van der Waals surface area contributed by atoms with Crippen LogP contribution in [0.2, 0.25) is 0 Å². The lowest BCUT2D eigenvalue weighted by Crippen LogP contribution is -2.55. The van der Waals surface area contributed by atoms with E-state index in [9.17, 15) is 19.2 Å². The Balaban J connectivity index is 2.30. The second-order valence-corrected chi connectivity index (χ2v) is 10.5. The summed E-state index contributed by atoms with van der Waals surface area (Å²) < 4.78 is 0. The molecular formula is C28H36N4O4S. The van der Waals surface area contributed by atoms with Gasteiger partial charge in [0.15, 0.2) is 0 Å². The van der Waals surface area contributed by atoms with Crippen LogP contribution < -0.4 is 21.3 Å². The standard InChI is InChI=1S/C28H36N4O4S/c1-6-11-20(15-16-23(29)33)32(21-13-9-8-12-19(21)7-2)24(34)18-30-27(36)25(28(3,4)5)31-26(35)22-14-10-17-37-22/h6-14,17,20,25H,2,15-16,18H2,1,3-5H3,(H2,29,33)(H,30,36)(H,31,35)/b11-6+/t20?,25-/m1/s1. The van der Waals surface area contributed by atoms with Gasteiger partial charge in [-0.05, 0) is 41.8 Å². The van der Waals surface area contributed by atoms with Crippen LogP contribution in [-0.2, 0) is 14.4 Å². The summed E-state index contributed by atoms with van der Waals surface area (Å²) in [5.41, 5.74) is 6.10. The zero-order valence-corrected chi connectivity index (χ0v) is 22.6. The van der Waals surface area contributed by atoms with Gasteiger partial charge < -0.3 is 21.3 Å². The quantitative estimate of drug-likeness (QED) is 0.365. The number of nitrogens with one attached hydrogen (secondary N) is 2. The van der Waals surface area contributed by atoms with E-state index in [0.29, 0.717) is 17.0 Å². The minimum Gasteiger partial charge on any atom is -0.370 e. The molecule has 8 nitrogen and oxygen atoms in total. The molecule has 2 aromatic rings. The van der Waals surface area contributed by atoms with Gasteiger partial charge in [0.25, 0.3) is 5.91 Å². The van der Waals surface area contributed by atoms with Crippen LogP contribution in [0.15, 0.2) is 60.5 Å². The highest BCUT2D eigenvalue weighted by molar-refractivity contribution is 7.12. The first kappa shape index (κ1) is 29.5. The Morgan fingerprint density at radius 1 is 1.14 bits per heavy atom. The van der Waals surface area contributed by atoms with Crippen molar-refractivity contribution in [1.29, 1.82) is 0 Å². The Hall–Kier alpha value is -3.72. The summed E-state index contributed by atoms with van der Waals surface area (Å²) >= 11 is 1.28. The molecule has 0 bridgehead atoms. The van der Waals surface area contributed by atoms with Gasteiger partial charge in [-0.15, -0.1) is 11.3 Å². The molecule has 0 spiro atoms. The number of anilines is 1. The number of allylic oxidation sites excluding steroid dienone is 1. The molecule has 4 N–H and O–H groups in total. The minimum absolute atomic E-state index is 0.0856. The number of rotatable bonds is 12. The van der Waals surface area contributed by atoms with Gasteiger partial charge in [0.1, 0.15) is 6.04 Å². The predicted molar refractivity (Wildman–Crippen MR) is 149 cm³/mol. The van der Waals surface area contributed by atoms with Crippen LogP contribution in [0.1, 0.15) is 55.8 Å². The number of para-hydroxylation sites is 1. The molecule has 0 fully saturated rings. The maximum absolute atomic E-state index is 13.6. The van der Waals surface area contributed by atoms with Gasteiger partial charge in [-0.2, -0.15) is 0 Å². The Morgan fingerprint density at radius 3 is 2.41 bits per heavy atom. The molecule has 2 atom stereocenters. The van der Waals surface area contributed by atoms with E-state index in [0.717, 1.165) is 5.56 Å². The first-order valence-corrected chi connectivity index (χ1v) is 12.9. The number of hydrogen-bond donors (Lipinski definition) is 3. The fraction of sp³-hybridized carbons (Fsp3) is 0.357. The van der Waals surface area contributed by atoms with Gasteiger partial charge in [-0.1, -0.05) is 69.8 Å². The van der Waals surface area contributed by atoms with E-state index in [-0.39, 0.29) is 24.8 Å². The lowest BCUT2D eigenvalue weighted by molar-refractivity contribution is -0.128. The summed E-state index contributed by atoms with van der Waals surface area (Å²) in [6.45, 7) is 10.9. The molecule has 0 aliphatic heterocycles. The Bertz CT molecular complexity index is 1140. The second kappa shape index (κ2) is 13.5. The molecule has 4 amide bonds. The number of primary amides is 1. The molecule has 2 rings (SSSR count). The number of amides is 4. The summed E-state index contributed by atoms with van der Waals surface area (Å²) in [5.74, 6) is -1.67. The van der Waals surface area contributed by atoms with Crippen molar-refractivity contribution in [1.82, 2.24) is 10.6 Å². The normalized spacial score (nSPS) is 13.0. The molecule has 1 unspecified atom stereocenters. The van der Waals surface area contributed by atoms with Crippen molar-refractivity contribution in [2.75, 3.05) is 11.4 Å². The van der Waals surface area contributed by atoms with E-state index in [2.05, 4.69) is 17.2 Å². The highest BCUT2D eigenvalue weighted by atomic mass is 32.1. The maximum atomic E-state index is 13.6. The summed E-state index contributed by atoms with van der Waals surface area (Å²) in [6.07, 6.45) is 5.66. The average Bonchev–Trinajstić information content (AvgIpc) is 3.39. The van der Waals surface area contributed by atoms with Gasteiger partial charge in [-0.3, -0.25) is 19.2 Å². The fourth-order valence-corrected chi connectivity index (χ4v) is 4.46. The van der Waals surface area contributed by atoms with Gasteiger partial charge in [-0.25, -0.2) is 0 Å². The van der Waals surface area contributed by atoms with Crippen molar-refractivity contribution < 1.29 is 19.2 Å². The third-order valence-electron chi connectivity index (χ3n) is 5.68. The SMILES string of the molecule is C=Cc1ccccc1N(C(=O)CNC(=O)[C@@H](NC(=O)c1cccs1)C(C)(C)C)C(/C=C/C)CCC(N)=O. The molecule has 0 aliphatic carbocycles. The molecule has 0 saturated carbocycles. The van der Waals surface area contributed by atoms with Crippen LogP contribution in [0.3, 0.4) is 0 Å². The van der Waals surface area contributed by atoms with Gasteiger partial charge >= 0.3 is 0 Å². The van der Waals surface area contributed by atoms with E-state index < -0.39 is 29.3 Å². The zero-order chi connectivity index (χ0) is 27.6. The fourth-order valence-electron chi connectivity index (χ4n) is 3.84. The summed E-state index contributed by atoms with van der Waals surface area (Å²) in [5, 5.41) is 7.29. The molecular weight excluding hydrogens is 488 g/mol. The number of thiophene rings is 1. The lowest BCUT2D eigenvalue weighted by Gasteiger charge is -2.33. The third-order valence-corrected chi connectivity index (χ3v) is 6.55. The molecule has 0 saturated heterocycles. The van der Waals surface area contributed by atoms with Crippen molar-refractivity contribution in [2.24, 2.45) is 11.1 Å². The Kier molecular flexibility index (Phi) is 10.8. The number of hydrogen-bond acceptors (Lipinski definition) is 5. The topological polar surface area (TPSA) is 122 Å². The van der Waals surface area contributed by atoms with Crippen LogP contribution in [0.5, 0.6) is 0 Å². The van der Waals surface area contributed by atoms with E-state index in [1.165, 1.54) is 11.3 Å². The van der Waals surface area contributed by atoms with Crippen molar-refractivity contribution in [3.05, 3.63) is 70.9 Å². The third kappa shape index (κ3) is 8.42. The number of carbonyl (C=O) groups is 4. The minimum atomic E-state index is -0.870. The highest BCUT2D eigenvalue weighted by Crippen LogP contribution is 2.26. The zero-order valence-electron chi connectivity index (χ0n) is 21.8. The smallest absolute Gasteiger partial charge is 0.262 e. The van der Waals surface area contributed by atoms with Crippen molar-refractivity contribution in [2.45, 2.75) is 52.6 Å². The number of nitrogens with zero attached hydrogens (tertiary/aromatic N) is 1. The molecule has 1 heterocycles. The van der Waals surface area contributed by atoms with Crippen molar-refractivity contribution >= 4 is 46.7 Å². The number of carbonyl (C=O) groups excluding carboxylic acids is 4. The van der Waals surface area contributed by atoms with E-state index in [1.54, 1.807) is 46.7 Å². The molecule has 1 aromatic carbocycles. The molecule has 37 heavy (non-hydrogen) atoms. The van der Waals surface area contributed by atoms with Gasteiger partial charge in [0, 0.05) is 6.42 Å². The Morgan fingerprint density at radius 2 is 1.84 bits per heavy atom. The maximum Gasteiger partial charge on any atom is 0.262 e. The van der Waals surface area contributed by atoms with Gasteiger partial charge in [0.05, 0.1) is 23.2 Å². The lowest BCUT2D eigenvalue weighted by atomic mass is 9.86. The average molecular weight is 525 g/mol. The molecule has 0 aliphatic rings. The Labute approximate surface area is 222 Å². The highest BCUT2D eigenvalue weighted by Gasteiger charge is 2.34. The second-order valence-electron chi connectivity index (χ2n) is 9.59. The number of benzene rings is 1. The molecule has 9 heteroatoms. The monoisotopic (exact) mass is 524 g/mol. The van der Waals surface area contributed by atoms with E-state index in [1.807, 2.05) is 45.9 Å². The van der Waals surface area contributed by atoms with Gasteiger partial charge in [0.2, 0.25) is 17.7 Å². The predicted octanol–water partition coefficient (Wildman–Crippen LogP) is 3.90. The van der Waals surface area contributed by atoms with Crippen LogP contribution in [0.25, 0.3) is 6.08 Å². The molecule has 0 radical (unpaired) electrons. The summed E-state index contributed by atoms with van der Waals surface area (Å²) in [4.78, 5) is 53.0. The first-order chi connectivity index (χ1) is 17.5. The van der Waals surface area contributed by atoms with Crippen molar-refractivity contribution in [3.63, 3.8) is 0 Å². The summed E-state index contributed by atoms with van der Waals surface area (Å²) in [6, 6.07) is 9.36. The molecule has 198 valence electrons.